The minimum Gasteiger partial charge on any atom is -0.466 e. The van der Waals surface area contributed by atoms with Crippen LogP contribution in [0.1, 0.15) is 18.9 Å². The molecule has 0 aliphatic heterocycles. The molecule has 0 saturated carbocycles. The van der Waals surface area contributed by atoms with Crippen LogP contribution >= 0.6 is 0 Å². The lowest BCUT2D eigenvalue weighted by Crippen LogP contribution is -2.31. The number of nitrogens with one attached hydrogen (secondary N) is 1. The first-order valence-electron chi connectivity index (χ1n) is 6.09. The molecule has 0 aliphatic carbocycles. The quantitative estimate of drug-likeness (QED) is 0.585. The van der Waals surface area contributed by atoms with E-state index in [-0.39, 0.29) is 37.7 Å². The van der Waals surface area contributed by atoms with Crippen LogP contribution in [0.25, 0.3) is 0 Å². The molecule has 19 heavy (non-hydrogen) atoms. The number of amides is 1. The van der Waals surface area contributed by atoms with Crippen molar-refractivity contribution >= 4 is 17.7 Å². The summed E-state index contributed by atoms with van der Waals surface area (Å²) >= 11 is 0. The van der Waals surface area contributed by atoms with E-state index in [9.17, 15) is 14.4 Å². The first kappa shape index (κ1) is 14.9. The normalized spacial score (nSPS) is 9.74. The average molecular weight is 263 g/mol. The summed E-state index contributed by atoms with van der Waals surface area (Å²) in [7, 11) is 0. The summed E-state index contributed by atoms with van der Waals surface area (Å²) in [5.41, 5.74) is 0.873. The Hall–Kier alpha value is -2.17. The number of Topliss-reactive ketones (excluding diaryl/α,β-unsaturated/α-hetero) is 1. The van der Waals surface area contributed by atoms with Gasteiger partial charge in [-0.15, -0.1) is 0 Å². The number of carbonyl (C=O) groups is 3. The molecule has 0 atom stereocenters. The number of esters is 1. The smallest absolute Gasteiger partial charge is 0.313 e. The summed E-state index contributed by atoms with van der Waals surface area (Å²) in [4.78, 5) is 34.0. The van der Waals surface area contributed by atoms with Gasteiger partial charge in [-0.1, -0.05) is 30.3 Å². The maximum atomic E-state index is 11.5. The van der Waals surface area contributed by atoms with Crippen LogP contribution in [0.5, 0.6) is 0 Å². The van der Waals surface area contributed by atoms with Gasteiger partial charge < -0.3 is 10.1 Å². The molecule has 1 amide bonds. The molecule has 0 bridgehead atoms. The van der Waals surface area contributed by atoms with E-state index in [1.807, 2.05) is 30.3 Å². The second-order valence-electron chi connectivity index (χ2n) is 3.96. The predicted molar refractivity (Wildman–Crippen MR) is 69.4 cm³/mol. The van der Waals surface area contributed by atoms with Crippen LogP contribution < -0.4 is 5.32 Å². The van der Waals surface area contributed by atoms with Crippen LogP contribution in [0.15, 0.2) is 30.3 Å². The largest absolute Gasteiger partial charge is 0.466 e. The molecule has 102 valence electrons. The SMILES string of the molecule is CCOC(=O)CC(=O)CNC(=O)Cc1ccccc1. The molecule has 0 aromatic heterocycles. The molecule has 0 fully saturated rings. The first-order valence-corrected chi connectivity index (χ1v) is 6.09. The monoisotopic (exact) mass is 263 g/mol. The number of benzene rings is 1. The Bertz CT molecular complexity index is 442. The van der Waals surface area contributed by atoms with Crippen LogP contribution in [0, 0.1) is 0 Å². The van der Waals surface area contributed by atoms with E-state index in [0.29, 0.717) is 0 Å². The van der Waals surface area contributed by atoms with Crippen molar-refractivity contribution < 1.29 is 19.1 Å². The van der Waals surface area contributed by atoms with E-state index in [1.165, 1.54) is 0 Å². The van der Waals surface area contributed by atoms with Crippen molar-refractivity contribution in [2.45, 2.75) is 19.8 Å². The lowest BCUT2D eigenvalue weighted by Gasteiger charge is -2.05. The van der Waals surface area contributed by atoms with Gasteiger partial charge in [-0.25, -0.2) is 0 Å². The highest BCUT2D eigenvalue weighted by Gasteiger charge is 2.11. The zero-order valence-corrected chi connectivity index (χ0v) is 10.8. The molecule has 5 nitrogen and oxygen atoms in total. The van der Waals surface area contributed by atoms with Crippen molar-refractivity contribution in [1.82, 2.24) is 5.32 Å². The number of rotatable bonds is 7. The molecule has 1 aromatic rings. The molecule has 0 heterocycles. The van der Waals surface area contributed by atoms with E-state index >= 15 is 0 Å². The van der Waals surface area contributed by atoms with Gasteiger partial charge in [0.15, 0.2) is 5.78 Å². The fourth-order valence-electron chi connectivity index (χ4n) is 1.48. The third-order valence-electron chi connectivity index (χ3n) is 2.34. The average Bonchev–Trinajstić information content (AvgIpc) is 2.38. The second-order valence-corrected chi connectivity index (χ2v) is 3.96. The molecule has 1 rings (SSSR count). The summed E-state index contributed by atoms with van der Waals surface area (Å²) in [6.07, 6.45) is -0.0903. The lowest BCUT2D eigenvalue weighted by molar-refractivity contribution is -0.145. The number of carbonyl (C=O) groups excluding carboxylic acids is 3. The van der Waals surface area contributed by atoms with Crippen molar-refractivity contribution in [3.8, 4) is 0 Å². The van der Waals surface area contributed by atoms with Crippen molar-refractivity contribution in [2.75, 3.05) is 13.2 Å². The van der Waals surface area contributed by atoms with Crippen LogP contribution in [0.2, 0.25) is 0 Å². The Balaban J connectivity index is 2.27. The predicted octanol–water partition coefficient (Wildman–Crippen LogP) is 0.868. The Kier molecular flexibility index (Phi) is 6.29. The highest BCUT2D eigenvalue weighted by Crippen LogP contribution is 1.99. The van der Waals surface area contributed by atoms with Crippen molar-refractivity contribution in [3.05, 3.63) is 35.9 Å². The van der Waals surface area contributed by atoms with Crippen molar-refractivity contribution in [1.29, 1.82) is 0 Å². The van der Waals surface area contributed by atoms with E-state index in [4.69, 9.17) is 0 Å². The molecule has 0 aliphatic rings. The molecule has 0 spiro atoms. The van der Waals surface area contributed by atoms with Gasteiger partial charge >= 0.3 is 5.97 Å². The van der Waals surface area contributed by atoms with Gasteiger partial charge in [-0.05, 0) is 12.5 Å². The zero-order valence-electron chi connectivity index (χ0n) is 10.8. The number of hydrogen-bond donors (Lipinski definition) is 1. The second kappa shape index (κ2) is 8.02. The molecular formula is C14H17NO4. The number of hydrogen-bond acceptors (Lipinski definition) is 4. The van der Waals surface area contributed by atoms with Gasteiger partial charge in [0.25, 0.3) is 0 Å². The molecule has 1 aromatic carbocycles. The minimum absolute atomic E-state index is 0.148. The topological polar surface area (TPSA) is 72.5 Å². The first-order chi connectivity index (χ1) is 9.11. The minimum atomic E-state index is -0.565. The maximum absolute atomic E-state index is 11.5. The highest BCUT2D eigenvalue weighted by molar-refractivity contribution is 5.98. The Morgan fingerprint density at radius 3 is 2.47 bits per heavy atom. The van der Waals surface area contributed by atoms with Gasteiger partial charge in [0.2, 0.25) is 5.91 Å². The fraction of sp³-hybridized carbons (Fsp3) is 0.357. The Labute approximate surface area is 111 Å². The van der Waals surface area contributed by atoms with Gasteiger partial charge in [-0.2, -0.15) is 0 Å². The maximum Gasteiger partial charge on any atom is 0.313 e. The molecule has 5 heteroatoms. The van der Waals surface area contributed by atoms with Gasteiger partial charge in [0.05, 0.1) is 19.6 Å². The Morgan fingerprint density at radius 1 is 1.16 bits per heavy atom. The van der Waals surface area contributed by atoms with E-state index < -0.39 is 5.97 Å². The molecule has 1 N–H and O–H groups in total. The summed E-state index contributed by atoms with van der Waals surface area (Å²) in [6, 6.07) is 9.22. The molecule has 0 radical (unpaired) electrons. The summed E-state index contributed by atoms with van der Waals surface area (Å²) in [6.45, 7) is 1.76. The van der Waals surface area contributed by atoms with Crippen molar-refractivity contribution in [3.63, 3.8) is 0 Å². The lowest BCUT2D eigenvalue weighted by atomic mass is 10.1. The fourth-order valence-corrected chi connectivity index (χ4v) is 1.48. The van der Waals surface area contributed by atoms with E-state index in [2.05, 4.69) is 10.1 Å². The standard InChI is InChI=1S/C14H17NO4/c1-2-19-14(18)9-12(16)10-15-13(17)8-11-6-4-3-5-7-11/h3-7H,2,8-10H2,1H3,(H,15,17). The van der Waals surface area contributed by atoms with Crippen LogP contribution in [-0.4, -0.2) is 30.8 Å². The summed E-state index contributed by atoms with van der Waals surface area (Å²) in [5.74, 6) is -1.17. The Morgan fingerprint density at radius 2 is 1.84 bits per heavy atom. The summed E-state index contributed by atoms with van der Waals surface area (Å²) < 4.78 is 4.64. The third kappa shape index (κ3) is 6.35. The van der Waals surface area contributed by atoms with Crippen LogP contribution in [-0.2, 0) is 25.5 Å². The van der Waals surface area contributed by atoms with Gasteiger partial charge in [0.1, 0.15) is 6.42 Å². The number of ether oxygens (including phenoxy) is 1. The van der Waals surface area contributed by atoms with Crippen LogP contribution in [0.4, 0.5) is 0 Å². The zero-order chi connectivity index (χ0) is 14.1. The highest BCUT2D eigenvalue weighted by atomic mass is 16.5. The van der Waals surface area contributed by atoms with E-state index in [0.717, 1.165) is 5.56 Å². The summed E-state index contributed by atoms with van der Waals surface area (Å²) in [5, 5.41) is 2.48. The molecule has 0 unspecified atom stereocenters. The molecular weight excluding hydrogens is 246 g/mol. The van der Waals surface area contributed by atoms with Crippen LogP contribution in [0.3, 0.4) is 0 Å². The van der Waals surface area contributed by atoms with E-state index in [1.54, 1.807) is 6.92 Å². The van der Waals surface area contributed by atoms with Crippen molar-refractivity contribution in [2.24, 2.45) is 0 Å². The van der Waals surface area contributed by atoms with Gasteiger partial charge in [-0.3, -0.25) is 14.4 Å². The molecule has 0 saturated heterocycles. The van der Waals surface area contributed by atoms with Gasteiger partial charge in [0, 0.05) is 0 Å². The number of ketones is 1. The third-order valence-corrected chi connectivity index (χ3v) is 2.34.